The number of hydrogen-bond donors (Lipinski definition) is 2. The lowest BCUT2D eigenvalue weighted by Crippen LogP contribution is -2.34. The first kappa shape index (κ1) is 8.96. The second kappa shape index (κ2) is 3.51. The highest BCUT2D eigenvalue weighted by Gasteiger charge is 2.13. The van der Waals surface area contributed by atoms with Gasteiger partial charge in [0.15, 0.2) is 0 Å². The molecule has 1 heterocycles. The van der Waals surface area contributed by atoms with Crippen LogP contribution in [0.5, 0.6) is 0 Å². The van der Waals surface area contributed by atoms with Gasteiger partial charge in [-0.05, 0) is 0 Å². The van der Waals surface area contributed by atoms with E-state index in [1.807, 2.05) is 0 Å². The van der Waals surface area contributed by atoms with Crippen molar-refractivity contribution in [3.05, 3.63) is 12.4 Å². The van der Waals surface area contributed by atoms with Crippen molar-refractivity contribution in [2.75, 3.05) is 19.0 Å². The molecule has 0 amide bonds. The molecule has 0 spiro atoms. The van der Waals surface area contributed by atoms with Gasteiger partial charge >= 0.3 is 7.12 Å². The van der Waals surface area contributed by atoms with Gasteiger partial charge in [-0.3, -0.25) is 4.98 Å². The Balaban J connectivity index is 2.96. The normalized spacial score (nSPS) is 9.67. The molecule has 12 heavy (non-hydrogen) atoms. The summed E-state index contributed by atoms with van der Waals surface area (Å²) in [6, 6.07) is 0. The lowest BCUT2D eigenvalue weighted by atomic mass is 9.87. The third kappa shape index (κ3) is 1.93. The maximum absolute atomic E-state index is 8.76. The molecule has 0 radical (unpaired) electrons. The van der Waals surface area contributed by atoms with Gasteiger partial charge in [-0.25, -0.2) is 4.98 Å². The molecule has 6 heteroatoms. The second-order valence-electron chi connectivity index (χ2n) is 2.57. The fourth-order valence-electron chi connectivity index (χ4n) is 0.710. The van der Waals surface area contributed by atoms with Gasteiger partial charge in [-0.1, -0.05) is 0 Å². The average Bonchev–Trinajstić information content (AvgIpc) is 2.04. The van der Waals surface area contributed by atoms with E-state index in [1.54, 1.807) is 25.2 Å². The maximum atomic E-state index is 8.76. The zero-order valence-corrected chi connectivity index (χ0v) is 6.97. The molecular weight excluding hydrogens is 157 g/mol. The van der Waals surface area contributed by atoms with Crippen LogP contribution in [0.25, 0.3) is 0 Å². The molecule has 5 nitrogen and oxygen atoms in total. The molecular formula is C6H10BN3O2. The van der Waals surface area contributed by atoms with Gasteiger partial charge < -0.3 is 14.9 Å². The van der Waals surface area contributed by atoms with Crippen LogP contribution in [0.4, 0.5) is 5.82 Å². The first-order valence-electron chi connectivity index (χ1n) is 3.46. The molecule has 1 aromatic heterocycles. The molecule has 0 saturated carbocycles. The molecule has 0 aliphatic carbocycles. The Morgan fingerprint density at radius 2 is 2.00 bits per heavy atom. The molecule has 0 unspecified atom stereocenters. The molecule has 1 aromatic rings. The van der Waals surface area contributed by atoms with E-state index in [2.05, 4.69) is 9.97 Å². The highest BCUT2D eigenvalue weighted by atomic mass is 16.4. The molecule has 64 valence electrons. The second-order valence-corrected chi connectivity index (χ2v) is 2.57. The standard InChI is InChI=1S/C6H10BN3O2/c1-10(2)6-4-8-3-5(9-6)7(11)12/h3-4,11-12H,1-2H3. The van der Waals surface area contributed by atoms with Crippen molar-refractivity contribution >= 4 is 18.5 Å². The van der Waals surface area contributed by atoms with Crippen LogP contribution in [0.15, 0.2) is 12.4 Å². The summed E-state index contributed by atoms with van der Waals surface area (Å²) < 4.78 is 0. The molecule has 0 fully saturated rings. The van der Waals surface area contributed by atoms with Crippen molar-refractivity contribution in [3.8, 4) is 0 Å². The molecule has 0 aromatic carbocycles. The van der Waals surface area contributed by atoms with Crippen LogP contribution in [0.2, 0.25) is 0 Å². The van der Waals surface area contributed by atoms with Crippen LogP contribution >= 0.6 is 0 Å². The molecule has 0 aliphatic heterocycles. The van der Waals surface area contributed by atoms with Crippen molar-refractivity contribution in [1.82, 2.24) is 9.97 Å². The van der Waals surface area contributed by atoms with Gasteiger partial charge in [0.2, 0.25) is 0 Å². The van der Waals surface area contributed by atoms with Crippen molar-refractivity contribution in [3.63, 3.8) is 0 Å². The van der Waals surface area contributed by atoms with Gasteiger partial charge in [0, 0.05) is 20.3 Å². The lowest BCUT2D eigenvalue weighted by molar-refractivity contribution is 0.424. The van der Waals surface area contributed by atoms with Crippen LogP contribution in [-0.4, -0.2) is 41.2 Å². The fourth-order valence-corrected chi connectivity index (χ4v) is 0.710. The van der Waals surface area contributed by atoms with E-state index in [9.17, 15) is 0 Å². The molecule has 0 bridgehead atoms. The monoisotopic (exact) mass is 167 g/mol. The summed E-state index contributed by atoms with van der Waals surface area (Å²) in [4.78, 5) is 9.47. The van der Waals surface area contributed by atoms with E-state index >= 15 is 0 Å². The summed E-state index contributed by atoms with van der Waals surface area (Å²) >= 11 is 0. The number of aromatic nitrogens is 2. The minimum atomic E-state index is -1.56. The van der Waals surface area contributed by atoms with Crippen molar-refractivity contribution in [2.24, 2.45) is 0 Å². The van der Waals surface area contributed by atoms with Crippen LogP contribution in [0, 0.1) is 0 Å². The Kier molecular flexibility index (Phi) is 2.62. The third-order valence-electron chi connectivity index (χ3n) is 1.36. The quantitative estimate of drug-likeness (QED) is 0.509. The zero-order chi connectivity index (χ0) is 9.14. The van der Waals surface area contributed by atoms with Gasteiger partial charge in [-0.15, -0.1) is 0 Å². The molecule has 2 N–H and O–H groups in total. The number of nitrogens with zero attached hydrogens (tertiary/aromatic N) is 3. The summed E-state index contributed by atoms with van der Waals surface area (Å²) in [7, 11) is 2.05. The van der Waals surface area contributed by atoms with Crippen molar-refractivity contribution in [1.29, 1.82) is 0 Å². The van der Waals surface area contributed by atoms with E-state index in [0.29, 0.717) is 5.82 Å². The molecule has 0 saturated heterocycles. The Hall–Kier alpha value is -1.14. The summed E-state index contributed by atoms with van der Waals surface area (Å²) in [5.41, 5.74) is 0.154. The van der Waals surface area contributed by atoms with E-state index < -0.39 is 7.12 Å². The number of rotatable bonds is 2. The Morgan fingerprint density at radius 1 is 1.33 bits per heavy atom. The Bertz CT molecular complexity index is 243. The van der Waals surface area contributed by atoms with Crippen molar-refractivity contribution < 1.29 is 10.0 Å². The van der Waals surface area contributed by atoms with Crippen LogP contribution < -0.4 is 10.5 Å². The molecule has 0 atom stereocenters. The predicted molar refractivity (Wildman–Crippen MR) is 46.2 cm³/mol. The summed E-state index contributed by atoms with van der Waals surface area (Å²) in [6.45, 7) is 0. The zero-order valence-electron chi connectivity index (χ0n) is 6.97. The van der Waals surface area contributed by atoms with Crippen LogP contribution in [0.1, 0.15) is 0 Å². The molecule has 1 rings (SSSR count). The average molecular weight is 167 g/mol. The highest BCUT2D eigenvalue weighted by molar-refractivity contribution is 6.57. The largest absolute Gasteiger partial charge is 0.509 e. The van der Waals surface area contributed by atoms with Gasteiger partial charge in [0.05, 0.1) is 11.8 Å². The van der Waals surface area contributed by atoms with Crippen LogP contribution in [0.3, 0.4) is 0 Å². The minimum Gasteiger partial charge on any atom is -0.422 e. The van der Waals surface area contributed by atoms with E-state index in [4.69, 9.17) is 10.0 Å². The first-order chi connectivity index (χ1) is 5.61. The number of hydrogen-bond acceptors (Lipinski definition) is 5. The lowest BCUT2D eigenvalue weighted by Gasteiger charge is -2.10. The SMILES string of the molecule is CN(C)c1cncc(B(O)O)n1. The van der Waals surface area contributed by atoms with Gasteiger partial charge in [0.25, 0.3) is 0 Å². The van der Waals surface area contributed by atoms with Gasteiger partial charge in [-0.2, -0.15) is 0 Å². The van der Waals surface area contributed by atoms with E-state index in [0.717, 1.165) is 0 Å². The highest BCUT2D eigenvalue weighted by Crippen LogP contribution is 1.99. The minimum absolute atomic E-state index is 0.154. The van der Waals surface area contributed by atoms with Gasteiger partial charge in [0.1, 0.15) is 5.82 Å². The topological polar surface area (TPSA) is 69.5 Å². The van der Waals surface area contributed by atoms with Crippen LogP contribution in [-0.2, 0) is 0 Å². The fraction of sp³-hybridized carbons (Fsp3) is 0.333. The summed E-state index contributed by atoms with van der Waals surface area (Å²) in [5, 5.41) is 17.5. The predicted octanol–water partition coefficient (Wildman–Crippen LogP) is -1.78. The van der Waals surface area contributed by atoms with E-state index in [1.165, 1.54) is 6.20 Å². The summed E-state index contributed by atoms with van der Waals surface area (Å²) in [5.74, 6) is 0.598. The molecule has 0 aliphatic rings. The van der Waals surface area contributed by atoms with Crippen molar-refractivity contribution in [2.45, 2.75) is 0 Å². The Morgan fingerprint density at radius 3 is 2.50 bits per heavy atom. The third-order valence-corrected chi connectivity index (χ3v) is 1.36. The number of anilines is 1. The summed E-state index contributed by atoms with van der Waals surface area (Å²) in [6.07, 6.45) is 2.86. The Labute approximate surface area is 70.8 Å². The smallest absolute Gasteiger partial charge is 0.422 e. The maximum Gasteiger partial charge on any atom is 0.509 e. The first-order valence-corrected chi connectivity index (χ1v) is 3.46. The van der Waals surface area contributed by atoms with E-state index in [-0.39, 0.29) is 5.59 Å².